The van der Waals surface area contributed by atoms with E-state index in [0.29, 0.717) is 12.4 Å². The van der Waals surface area contributed by atoms with E-state index in [1.807, 2.05) is 0 Å². The summed E-state index contributed by atoms with van der Waals surface area (Å²) >= 11 is 0. The summed E-state index contributed by atoms with van der Waals surface area (Å²) in [6, 6.07) is 3.56. The van der Waals surface area contributed by atoms with E-state index in [2.05, 4.69) is 10.0 Å². The van der Waals surface area contributed by atoms with Gasteiger partial charge in [0.2, 0.25) is 0 Å². The lowest BCUT2D eigenvalue weighted by Gasteiger charge is -1.91. The molecule has 0 bridgehead atoms. The van der Waals surface area contributed by atoms with E-state index in [-0.39, 0.29) is 6.54 Å². The third kappa shape index (κ3) is 2.30. The fourth-order valence-electron chi connectivity index (χ4n) is 0.828. The van der Waals surface area contributed by atoms with Gasteiger partial charge in [-0.3, -0.25) is 0 Å². The highest BCUT2D eigenvalue weighted by molar-refractivity contribution is 5.06. The lowest BCUT2D eigenvalue weighted by molar-refractivity contribution is 0.162. The third-order valence-corrected chi connectivity index (χ3v) is 1.29. The molecule has 0 saturated heterocycles. The molecule has 64 valence electrons. The maximum absolute atomic E-state index is 8.03. The number of hydrogen-bond donors (Lipinski definition) is 0. The van der Waals surface area contributed by atoms with Crippen molar-refractivity contribution >= 4 is 0 Å². The summed E-state index contributed by atoms with van der Waals surface area (Å²) in [5.74, 6) is 1.39. The van der Waals surface area contributed by atoms with Gasteiger partial charge in [-0.05, 0) is 17.7 Å². The molecule has 0 N–H and O–H groups in total. The first-order valence-electron chi connectivity index (χ1n) is 3.44. The largest absolute Gasteiger partial charge is 0.463 e. The molecule has 0 radical (unpaired) electrons. The van der Waals surface area contributed by atoms with Crippen molar-refractivity contribution < 1.29 is 9.15 Å². The summed E-state index contributed by atoms with van der Waals surface area (Å²) in [7, 11) is 1.59. The van der Waals surface area contributed by atoms with Gasteiger partial charge in [0.05, 0.1) is 6.54 Å². The van der Waals surface area contributed by atoms with Crippen LogP contribution in [0.2, 0.25) is 0 Å². The van der Waals surface area contributed by atoms with Gasteiger partial charge < -0.3 is 9.15 Å². The highest BCUT2D eigenvalue weighted by atomic mass is 16.5. The molecule has 0 fully saturated rings. The SMILES string of the molecule is COCc1ccc(CN=[N+]=[N-])o1. The van der Waals surface area contributed by atoms with E-state index in [0.717, 1.165) is 5.76 Å². The molecule has 1 aromatic heterocycles. The quantitative estimate of drug-likeness (QED) is 0.392. The van der Waals surface area contributed by atoms with E-state index in [4.69, 9.17) is 14.7 Å². The van der Waals surface area contributed by atoms with E-state index in [9.17, 15) is 0 Å². The Labute approximate surface area is 69.6 Å². The van der Waals surface area contributed by atoms with Crippen LogP contribution in [0.3, 0.4) is 0 Å². The van der Waals surface area contributed by atoms with Gasteiger partial charge in [-0.2, -0.15) is 0 Å². The number of nitrogens with zero attached hydrogens (tertiary/aromatic N) is 3. The molecule has 1 heterocycles. The number of ether oxygens (including phenoxy) is 1. The highest BCUT2D eigenvalue weighted by Crippen LogP contribution is 2.09. The maximum Gasteiger partial charge on any atom is 0.129 e. The minimum absolute atomic E-state index is 0.250. The predicted octanol–water partition coefficient (Wildman–Crippen LogP) is 2.24. The second-order valence-corrected chi connectivity index (χ2v) is 2.19. The number of rotatable bonds is 4. The average Bonchev–Trinajstić information content (AvgIpc) is 2.50. The van der Waals surface area contributed by atoms with Gasteiger partial charge in [-0.25, -0.2) is 0 Å². The number of furan rings is 1. The summed E-state index contributed by atoms with van der Waals surface area (Å²) in [4.78, 5) is 2.62. The van der Waals surface area contributed by atoms with Crippen molar-refractivity contribution in [3.05, 3.63) is 34.1 Å². The zero-order valence-corrected chi connectivity index (χ0v) is 6.73. The summed E-state index contributed by atoms with van der Waals surface area (Å²) in [6.07, 6.45) is 0. The van der Waals surface area contributed by atoms with Gasteiger partial charge in [0.1, 0.15) is 18.1 Å². The van der Waals surface area contributed by atoms with Crippen LogP contribution in [0, 0.1) is 0 Å². The second kappa shape index (κ2) is 4.43. The van der Waals surface area contributed by atoms with Gasteiger partial charge in [-0.1, -0.05) is 5.11 Å². The third-order valence-electron chi connectivity index (χ3n) is 1.29. The fraction of sp³-hybridized carbons (Fsp3) is 0.429. The topological polar surface area (TPSA) is 71.1 Å². The molecule has 5 heteroatoms. The summed E-state index contributed by atoms with van der Waals surface area (Å²) in [5.41, 5.74) is 8.03. The lowest BCUT2D eigenvalue weighted by atomic mass is 10.4. The van der Waals surface area contributed by atoms with Gasteiger partial charge in [0.25, 0.3) is 0 Å². The molecular formula is C7H9N3O2. The average molecular weight is 167 g/mol. The Balaban J connectivity index is 2.57. The first-order chi connectivity index (χ1) is 5.86. The van der Waals surface area contributed by atoms with Crippen molar-refractivity contribution in [2.75, 3.05) is 7.11 Å². The lowest BCUT2D eigenvalue weighted by Crippen LogP contribution is -1.82. The maximum atomic E-state index is 8.03. The Morgan fingerprint density at radius 3 is 3.00 bits per heavy atom. The van der Waals surface area contributed by atoms with Crippen LogP contribution in [0.1, 0.15) is 11.5 Å². The van der Waals surface area contributed by atoms with Crippen molar-refractivity contribution in [1.82, 2.24) is 0 Å². The Morgan fingerprint density at radius 1 is 1.58 bits per heavy atom. The van der Waals surface area contributed by atoms with E-state index < -0.39 is 0 Å². The van der Waals surface area contributed by atoms with Crippen LogP contribution in [0.15, 0.2) is 21.7 Å². The van der Waals surface area contributed by atoms with Crippen molar-refractivity contribution in [2.45, 2.75) is 13.2 Å². The molecule has 0 aliphatic rings. The second-order valence-electron chi connectivity index (χ2n) is 2.19. The molecule has 12 heavy (non-hydrogen) atoms. The Bertz CT molecular complexity index is 289. The van der Waals surface area contributed by atoms with Crippen LogP contribution >= 0.6 is 0 Å². The molecule has 0 atom stereocenters. The minimum Gasteiger partial charge on any atom is -0.463 e. The Morgan fingerprint density at radius 2 is 2.33 bits per heavy atom. The molecular weight excluding hydrogens is 158 g/mol. The summed E-state index contributed by atoms with van der Waals surface area (Å²) in [6.45, 7) is 0.691. The van der Waals surface area contributed by atoms with Gasteiger partial charge in [-0.15, -0.1) is 0 Å². The Hall–Kier alpha value is -1.45. The molecule has 5 nitrogen and oxygen atoms in total. The van der Waals surface area contributed by atoms with E-state index >= 15 is 0 Å². The van der Waals surface area contributed by atoms with Crippen LogP contribution in [0.25, 0.3) is 10.4 Å². The van der Waals surface area contributed by atoms with Crippen molar-refractivity contribution in [1.29, 1.82) is 0 Å². The van der Waals surface area contributed by atoms with Crippen LogP contribution < -0.4 is 0 Å². The molecule has 1 rings (SSSR count). The molecule has 0 saturated carbocycles. The van der Waals surface area contributed by atoms with Crippen LogP contribution in [-0.2, 0) is 17.9 Å². The molecule has 0 aromatic carbocycles. The fourth-order valence-corrected chi connectivity index (χ4v) is 0.828. The van der Waals surface area contributed by atoms with Gasteiger partial charge >= 0.3 is 0 Å². The molecule has 0 unspecified atom stereocenters. The smallest absolute Gasteiger partial charge is 0.129 e. The van der Waals surface area contributed by atoms with Gasteiger partial charge in [0, 0.05) is 12.0 Å². The predicted molar refractivity (Wildman–Crippen MR) is 42.3 cm³/mol. The van der Waals surface area contributed by atoms with Gasteiger partial charge in [0.15, 0.2) is 0 Å². The van der Waals surface area contributed by atoms with E-state index in [1.54, 1.807) is 19.2 Å². The zero-order valence-electron chi connectivity index (χ0n) is 6.73. The van der Waals surface area contributed by atoms with Crippen molar-refractivity contribution in [3.63, 3.8) is 0 Å². The first kappa shape index (κ1) is 8.64. The summed E-state index contributed by atoms with van der Waals surface area (Å²) < 4.78 is 10.1. The molecule has 0 amide bonds. The van der Waals surface area contributed by atoms with Crippen LogP contribution in [0.5, 0.6) is 0 Å². The van der Waals surface area contributed by atoms with Crippen LogP contribution in [0.4, 0.5) is 0 Å². The normalized spacial score (nSPS) is 9.42. The number of hydrogen-bond acceptors (Lipinski definition) is 3. The molecule has 0 spiro atoms. The first-order valence-corrected chi connectivity index (χ1v) is 3.44. The summed E-state index contributed by atoms with van der Waals surface area (Å²) in [5, 5.41) is 3.36. The van der Waals surface area contributed by atoms with Crippen molar-refractivity contribution in [3.8, 4) is 0 Å². The molecule has 1 aromatic rings. The molecule has 0 aliphatic heterocycles. The number of methoxy groups -OCH3 is 1. The minimum atomic E-state index is 0.250. The molecule has 0 aliphatic carbocycles. The monoisotopic (exact) mass is 167 g/mol. The highest BCUT2D eigenvalue weighted by Gasteiger charge is 1.99. The van der Waals surface area contributed by atoms with Crippen molar-refractivity contribution in [2.24, 2.45) is 5.11 Å². The standard InChI is InChI=1S/C7H9N3O2/c1-11-5-7-3-2-6(12-7)4-9-10-8/h2-3H,4-5H2,1H3. The number of azide groups is 1. The van der Waals surface area contributed by atoms with Crippen LogP contribution in [-0.4, -0.2) is 7.11 Å². The zero-order chi connectivity index (χ0) is 8.81. The van der Waals surface area contributed by atoms with E-state index in [1.165, 1.54) is 0 Å². The Kier molecular flexibility index (Phi) is 3.19.